The lowest BCUT2D eigenvalue weighted by Gasteiger charge is -2.33. The van der Waals surface area contributed by atoms with Crippen molar-refractivity contribution in [1.82, 2.24) is 10.3 Å². The lowest BCUT2D eigenvalue weighted by molar-refractivity contribution is 0.368. The first-order chi connectivity index (χ1) is 9.33. The third-order valence-corrected chi connectivity index (χ3v) is 4.62. The number of anilines is 1. The number of hydrogen-bond donors (Lipinski definition) is 1. The van der Waals surface area contributed by atoms with E-state index in [0.717, 1.165) is 30.7 Å². The second-order valence-electron chi connectivity index (χ2n) is 6.17. The van der Waals surface area contributed by atoms with Crippen LogP contribution in [0.15, 0.2) is 24.4 Å². The smallest absolute Gasteiger partial charge is 0.128 e. The molecule has 104 valence electrons. The van der Waals surface area contributed by atoms with Crippen molar-refractivity contribution in [1.29, 1.82) is 0 Å². The van der Waals surface area contributed by atoms with E-state index in [1.165, 1.54) is 32.2 Å². The monoisotopic (exact) mass is 259 g/mol. The summed E-state index contributed by atoms with van der Waals surface area (Å²) in [5, 5.41) is 3.77. The van der Waals surface area contributed by atoms with Gasteiger partial charge in [-0.15, -0.1) is 0 Å². The van der Waals surface area contributed by atoms with Gasteiger partial charge >= 0.3 is 0 Å². The zero-order chi connectivity index (χ0) is 13.1. The van der Waals surface area contributed by atoms with Crippen LogP contribution in [-0.4, -0.2) is 30.7 Å². The van der Waals surface area contributed by atoms with Gasteiger partial charge in [0.05, 0.1) is 0 Å². The Labute approximate surface area is 116 Å². The van der Waals surface area contributed by atoms with E-state index in [9.17, 15) is 0 Å². The van der Waals surface area contributed by atoms with Crippen LogP contribution in [0.3, 0.4) is 0 Å². The highest BCUT2D eigenvalue weighted by Crippen LogP contribution is 2.36. The van der Waals surface area contributed by atoms with Gasteiger partial charge in [-0.1, -0.05) is 13.0 Å². The molecule has 0 radical (unpaired) electrons. The van der Waals surface area contributed by atoms with Crippen LogP contribution in [0.1, 0.15) is 32.6 Å². The van der Waals surface area contributed by atoms with Gasteiger partial charge in [0.2, 0.25) is 0 Å². The standard InChI is InChI=1S/C16H25N3/c1-13(14-5-6-14)12-18-15-7-10-19(11-8-15)16-4-2-3-9-17-16/h2-4,9,13-15,18H,5-8,10-12H2,1H3. The minimum atomic E-state index is 0.709. The highest BCUT2D eigenvalue weighted by Gasteiger charge is 2.28. The van der Waals surface area contributed by atoms with E-state index in [1.54, 1.807) is 0 Å². The minimum Gasteiger partial charge on any atom is -0.357 e. The Balaban J connectivity index is 1.42. The lowest BCUT2D eigenvalue weighted by atomic mass is 10.0. The molecule has 0 aromatic carbocycles. The third-order valence-electron chi connectivity index (χ3n) is 4.62. The fourth-order valence-electron chi connectivity index (χ4n) is 3.04. The largest absolute Gasteiger partial charge is 0.357 e. The molecule has 0 amide bonds. The van der Waals surface area contributed by atoms with E-state index in [-0.39, 0.29) is 0 Å². The highest BCUT2D eigenvalue weighted by atomic mass is 15.2. The number of aromatic nitrogens is 1. The van der Waals surface area contributed by atoms with E-state index in [0.29, 0.717) is 6.04 Å². The number of piperidine rings is 1. The number of nitrogens with zero attached hydrogens (tertiary/aromatic N) is 2. The topological polar surface area (TPSA) is 28.2 Å². The molecule has 1 aromatic rings. The fourth-order valence-corrected chi connectivity index (χ4v) is 3.04. The quantitative estimate of drug-likeness (QED) is 0.881. The summed E-state index contributed by atoms with van der Waals surface area (Å²) in [5.41, 5.74) is 0. The highest BCUT2D eigenvalue weighted by molar-refractivity contribution is 5.38. The zero-order valence-electron chi connectivity index (χ0n) is 11.9. The van der Waals surface area contributed by atoms with Gasteiger partial charge in [0.15, 0.2) is 0 Å². The summed E-state index contributed by atoms with van der Waals surface area (Å²) < 4.78 is 0. The Morgan fingerprint density at radius 3 is 2.68 bits per heavy atom. The minimum absolute atomic E-state index is 0.709. The van der Waals surface area contributed by atoms with Gasteiger partial charge in [0.1, 0.15) is 5.82 Å². The van der Waals surface area contributed by atoms with Crippen LogP contribution < -0.4 is 10.2 Å². The molecule has 2 fully saturated rings. The summed E-state index contributed by atoms with van der Waals surface area (Å²) in [4.78, 5) is 6.84. The molecule has 0 spiro atoms. The van der Waals surface area contributed by atoms with Crippen molar-refractivity contribution in [3.05, 3.63) is 24.4 Å². The molecule has 19 heavy (non-hydrogen) atoms. The van der Waals surface area contributed by atoms with Crippen LogP contribution in [-0.2, 0) is 0 Å². The van der Waals surface area contributed by atoms with Gasteiger partial charge < -0.3 is 10.2 Å². The first-order valence-electron chi connectivity index (χ1n) is 7.72. The molecule has 3 heteroatoms. The molecule has 1 aliphatic carbocycles. The zero-order valence-corrected chi connectivity index (χ0v) is 11.9. The average molecular weight is 259 g/mol. The summed E-state index contributed by atoms with van der Waals surface area (Å²) in [6.07, 6.45) is 7.29. The van der Waals surface area contributed by atoms with E-state index in [2.05, 4.69) is 34.3 Å². The average Bonchev–Trinajstić information content (AvgIpc) is 3.31. The molecule has 1 aromatic heterocycles. The van der Waals surface area contributed by atoms with Crippen molar-refractivity contribution < 1.29 is 0 Å². The number of rotatable bonds is 5. The van der Waals surface area contributed by atoms with Gasteiger partial charge in [0, 0.05) is 25.3 Å². The molecule has 1 saturated heterocycles. The van der Waals surface area contributed by atoms with Gasteiger partial charge in [-0.3, -0.25) is 0 Å². The molecule has 2 aliphatic rings. The van der Waals surface area contributed by atoms with Crippen LogP contribution in [0.2, 0.25) is 0 Å². The fraction of sp³-hybridized carbons (Fsp3) is 0.688. The number of nitrogens with one attached hydrogen (secondary N) is 1. The molecular formula is C16H25N3. The molecule has 3 rings (SSSR count). The van der Waals surface area contributed by atoms with E-state index < -0.39 is 0 Å². The molecule has 0 bridgehead atoms. The molecule has 1 N–H and O–H groups in total. The van der Waals surface area contributed by atoms with Crippen LogP contribution in [0.5, 0.6) is 0 Å². The predicted molar refractivity (Wildman–Crippen MR) is 79.4 cm³/mol. The molecule has 1 unspecified atom stereocenters. The lowest BCUT2D eigenvalue weighted by Crippen LogP contribution is -2.44. The van der Waals surface area contributed by atoms with Crippen molar-refractivity contribution in [3.8, 4) is 0 Å². The maximum absolute atomic E-state index is 4.44. The maximum Gasteiger partial charge on any atom is 0.128 e. The van der Waals surface area contributed by atoms with Crippen LogP contribution in [0, 0.1) is 11.8 Å². The van der Waals surface area contributed by atoms with Crippen LogP contribution in [0.25, 0.3) is 0 Å². The Morgan fingerprint density at radius 2 is 2.05 bits per heavy atom. The van der Waals surface area contributed by atoms with Gasteiger partial charge in [-0.05, 0) is 56.2 Å². The van der Waals surface area contributed by atoms with Gasteiger partial charge in [-0.2, -0.15) is 0 Å². The van der Waals surface area contributed by atoms with Crippen molar-refractivity contribution in [2.24, 2.45) is 11.8 Å². The molecule has 1 atom stereocenters. The molecule has 1 aliphatic heterocycles. The SMILES string of the molecule is CC(CNC1CCN(c2ccccn2)CC1)C1CC1. The summed E-state index contributed by atoms with van der Waals surface area (Å²) in [7, 11) is 0. The van der Waals surface area contributed by atoms with Crippen molar-refractivity contribution in [2.75, 3.05) is 24.5 Å². The molecule has 2 heterocycles. The summed E-state index contributed by atoms with van der Waals surface area (Å²) in [6, 6.07) is 6.88. The molecule has 1 saturated carbocycles. The maximum atomic E-state index is 4.44. The molecule has 3 nitrogen and oxygen atoms in total. The third kappa shape index (κ3) is 3.47. The second-order valence-corrected chi connectivity index (χ2v) is 6.17. The van der Waals surface area contributed by atoms with E-state index in [4.69, 9.17) is 0 Å². The van der Waals surface area contributed by atoms with Crippen LogP contribution in [0.4, 0.5) is 5.82 Å². The van der Waals surface area contributed by atoms with E-state index >= 15 is 0 Å². The Kier molecular flexibility index (Phi) is 4.02. The number of hydrogen-bond acceptors (Lipinski definition) is 3. The van der Waals surface area contributed by atoms with Crippen molar-refractivity contribution >= 4 is 5.82 Å². The van der Waals surface area contributed by atoms with Crippen molar-refractivity contribution in [3.63, 3.8) is 0 Å². The first kappa shape index (κ1) is 12.9. The van der Waals surface area contributed by atoms with Crippen LogP contribution >= 0.6 is 0 Å². The van der Waals surface area contributed by atoms with Crippen molar-refractivity contribution in [2.45, 2.75) is 38.6 Å². The summed E-state index contributed by atoms with van der Waals surface area (Å²) >= 11 is 0. The predicted octanol–water partition coefficient (Wildman–Crippen LogP) is 2.69. The number of pyridine rings is 1. The normalized spacial score (nSPS) is 22.5. The molecular weight excluding hydrogens is 234 g/mol. The Morgan fingerprint density at radius 1 is 1.26 bits per heavy atom. The van der Waals surface area contributed by atoms with Gasteiger partial charge in [-0.25, -0.2) is 4.98 Å². The second kappa shape index (κ2) is 5.91. The Hall–Kier alpha value is -1.09. The summed E-state index contributed by atoms with van der Waals surface area (Å²) in [5.74, 6) is 3.02. The first-order valence-corrected chi connectivity index (χ1v) is 7.72. The van der Waals surface area contributed by atoms with Gasteiger partial charge in [0.25, 0.3) is 0 Å². The summed E-state index contributed by atoms with van der Waals surface area (Å²) in [6.45, 7) is 5.87. The van der Waals surface area contributed by atoms with E-state index in [1.807, 2.05) is 12.3 Å². The Bertz CT molecular complexity index is 380.